The number of nitroso groups, excluding NO2 is 1. The number of ketones is 1. The van der Waals surface area contributed by atoms with E-state index < -0.39 is 41.2 Å². The zero-order chi connectivity index (χ0) is 28.8. The lowest BCUT2D eigenvalue weighted by Crippen LogP contribution is -2.30. The Labute approximate surface area is 218 Å². The Morgan fingerprint density at radius 3 is 2.16 bits per heavy atom. The molecule has 0 spiro atoms. The van der Waals surface area contributed by atoms with Crippen molar-refractivity contribution in [1.29, 1.82) is 0 Å². The average molecular weight is 527 g/mol. The lowest BCUT2D eigenvalue weighted by Gasteiger charge is -2.26. The second kappa shape index (κ2) is 11.7. The number of rotatable bonds is 12. The summed E-state index contributed by atoms with van der Waals surface area (Å²) in [6.45, 7) is 8.26. The summed E-state index contributed by atoms with van der Waals surface area (Å²) in [5, 5.41) is 18.0. The Kier molecular flexibility index (Phi) is 9.19. The van der Waals surface area contributed by atoms with Crippen molar-refractivity contribution >= 4 is 41.3 Å². The number of Topliss-reactive ketones (excluding diaryl/α,β-unsaturated/α-hetero) is 1. The summed E-state index contributed by atoms with van der Waals surface area (Å²) >= 11 is 0. The molecule has 202 valence electrons. The highest BCUT2D eigenvalue weighted by atomic mass is 16.7. The first-order valence-corrected chi connectivity index (χ1v) is 11.6. The van der Waals surface area contributed by atoms with Gasteiger partial charge in [-0.05, 0) is 50.6 Å². The number of hydrogen-bond acceptors (Lipinski definition) is 10. The molecule has 38 heavy (non-hydrogen) atoms. The third-order valence-corrected chi connectivity index (χ3v) is 6.01. The van der Waals surface area contributed by atoms with Gasteiger partial charge in [0.1, 0.15) is 0 Å². The van der Waals surface area contributed by atoms with E-state index in [9.17, 15) is 34.0 Å². The largest absolute Gasteiger partial charge is 0.478 e. The van der Waals surface area contributed by atoms with Crippen molar-refractivity contribution in [2.45, 2.75) is 46.6 Å². The summed E-state index contributed by atoms with van der Waals surface area (Å²) < 4.78 is 0. The fourth-order valence-electron chi connectivity index (χ4n) is 3.50. The third kappa shape index (κ3) is 6.85. The highest BCUT2D eigenvalue weighted by Crippen LogP contribution is 2.28. The number of benzene rings is 2. The van der Waals surface area contributed by atoms with Gasteiger partial charge in [0.25, 0.3) is 5.91 Å². The molecule has 2 rings (SSSR count). The molecule has 1 amide bonds. The van der Waals surface area contributed by atoms with Gasteiger partial charge in [-0.1, -0.05) is 25.9 Å². The number of hydrogen-bond donors (Lipinski definition) is 4. The average Bonchev–Trinajstić information content (AvgIpc) is 2.86. The minimum Gasteiger partial charge on any atom is -0.478 e. The van der Waals surface area contributed by atoms with Crippen LogP contribution in [0.3, 0.4) is 0 Å². The summed E-state index contributed by atoms with van der Waals surface area (Å²) in [6, 6.07) is 6.15. The highest BCUT2D eigenvalue weighted by molar-refractivity contribution is 6.15. The molecule has 0 radical (unpaired) electrons. The second-order valence-corrected chi connectivity index (χ2v) is 9.93. The molecule has 0 fully saturated rings. The van der Waals surface area contributed by atoms with Crippen LogP contribution in [0.1, 0.15) is 92.8 Å². The number of nitrogens with zero attached hydrogens (tertiary/aromatic N) is 1. The first kappa shape index (κ1) is 29.8. The van der Waals surface area contributed by atoms with E-state index in [1.54, 1.807) is 0 Å². The second-order valence-electron chi connectivity index (χ2n) is 9.93. The van der Waals surface area contributed by atoms with Crippen molar-refractivity contribution in [1.82, 2.24) is 0 Å². The molecule has 0 bridgehead atoms. The van der Waals surface area contributed by atoms with Gasteiger partial charge in [-0.3, -0.25) is 14.4 Å². The van der Waals surface area contributed by atoms with Crippen molar-refractivity contribution < 1.29 is 33.9 Å². The monoisotopic (exact) mass is 526 g/mol. The van der Waals surface area contributed by atoms with E-state index in [0.717, 1.165) is 12.1 Å². The number of carbonyl (C=O) groups is 5. The summed E-state index contributed by atoms with van der Waals surface area (Å²) in [7, 11) is 0. The Morgan fingerprint density at radius 2 is 1.63 bits per heavy atom. The summed E-state index contributed by atoms with van der Waals surface area (Å²) in [5.41, 5.74) is -2.55. The molecule has 2 aromatic carbocycles. The first-order valence-electron chi connectivity index (χ1n) is 11.6. The van der Waals surface area contributed by atoms with Crippen molar-refractivity contribution in [2.75, 3.05) is 17.2 Å². The minimum atomic E-state index is -1.31. The quantitative estimate of drug-likeness (QED) is 0.135. The van der Waals surface area contributed by atoms with Crippen molar-refractivity contribution in [3.8, 4) is 0 Å². The van der Waals surface area contributed by atoms with Gasteiger partial charge in [0.05, 0.1) is 28.7 Å². The van der Waals surface area contributed by atoms with Crippen LogP contribution in [0.25, 0.3) is 0 Å². The number of carboxylic acid groups (broad SMARTS) is 1. The molecule has 0 aliphatic heterocycles. The molecule has 0 saturated carbocycles. The summed E-state index contributed by atoms with van der Waals surface area (Å²) in [6.07, 6.45) is 1.03. The topological polar surface area (TPSA) is 194 Å². The van der Waals surface area contributed by atoms with Crippen LogP contribution >= 0.6 is 0 Å². The molecule has 0 aliphatic carbocycles. The number of aromatic carboxylic acids is 1. The minimum absolute atomic E-state index is 0.0780. The van der Waals surface area contributed by atoms with Crippen molar-refractivity contribution in [2.24, 2.45) is 16.5 Å². The number of amides is 1. The van der Waals surface area contributed by atoms with Crippen LogP contribution in [-0.2, 0) is 4.84 Å². The maximum absolute atomic E-state index is 13.3. The fraction of sp³-hybridized carbons (Fsp3) is 0.346. The Morgan fingerprint density at radius 1 is 1.00 bits per heavy atom. The molecule has 0 unspecified atom stereocenters. The van der Waals surface area contributed by atoms with Gasteiger partial charge in [-0.25, -0.2) is 9.59 Å². The van der Waals surface area contributed by atoms with Crippen molar-refractivity contribution in [3.05, 3.63) is 63.1 Å². The predicted octanol–water partition coefficient (Wildman–Crippen LogP) is 4.06. The van der Waals surface area contributed by atoms with E-state index >= 15 is 0 Å². The molecule has 0 heterocycles. The normalized spacial score (nSPS) is 11.3. The van der Waals surface area contributed by atoms with E-state index in [1.807, 2.05) is 20.8 Å². The Bertz CT molecular complexity index is 1300. The smallest absolute Gasteiger partial charge is 0.357 e. The first-order chi connectivity index (χ1) is 17.7. The number of carboxylic acids is 1. The van der Waals surface area contributed by atoms with E-state index in [0.29, 0.717) is 18.4 Å². The SMILES string of the molecule is CCC(C)(C)Nc1cc(NC(=O)c2cc(C(=O)C(C)(C)CN=O)c(C=O)cc2C(=O)ON)cc(C(=O)O)c1. The van der Waals surface area contributed by atoms with Crippen LogP contribution in [-0.4, -0.2) is 47.1 Å². The zero-order valence-electron chi connectivity index (χ0n) is 21.7. The number of carbonyl (C=O) groups excluding carboxylic acids is 4. The van der Waals surface area contributed by atoms with Gasteiger partial charge < -0.3 is 20.6 Å². The van der Waals surface area contributed by atoms with Crippen LogP contribution in [0.2, 0.25) is 0 Å². The van der Waals surface area contributed by atoms with Crippen LogP contribution < -0.4 is 16.5 Å². The molecular weight excluding hydrogens is 496 g/mol. The number of nitrogens with one attached hydrogen (secondary N) is 2. The maximum atomic E-state index is 13.3. The molecule has 0 saturated heterocycles. The van der Waals surface area contributed by atoms with Gasteiger partial charge in [0.2, 0.25) is 0 Å². The van der Waals surface area contributed by atoms with Crippen LogP contribution in [0.5, 0.6) is 0 Å². The Hall–Kier alpha value is -4.45. The summed E-state index contributed by atoms with van der Waals surface area (Å²) in [5.74, 6) is 1.04. The molecule has 12 nitrogen and oxygen atoms in total. The Balaban J connectivity index is 2.65. The molecule has 5 N–H and O–H groups in total. The molecule has 12 heteroatoms. The number of aldehydes is 1. The zero-order valence-corrected chi connectivity index (χ0v) is 21.7. The molecule has 0 aromatic heterocycles. The standard InChI is InChI=1S/C26H30N4O8/c1-6-26(4,5)30-17-8-14(23(34)35)7-16(10-17)29-22(33)19-11-18(21(32)25(2,3)13-28-37)15(12-31)9-20(19)24(36)38-27/h7-12,30H,6,13,27H2,1-5H3,(H,29,33)(H,34,35). The van der Waals surface area contributed by atoms with Crippen LogP contribution in [0.4, 0.5) is 11.4 Å². The van der Waals surface area contributed by atoms with E-state index in [4.69, 9.17) is 5.90 Å². The number of anilines is 2. The van der Waals surface area contributed by atoms with Gasteiger partial charge in [0, 0.05) is 28.0 Å². The van der Waals surface area contributed by atoms with Crippen LogP contribution in [0, 0.1) is 10.3 Å². The van der Waals surface area contributed by atoms with Gasteiger partial charge in [-0.15, -0.1) is 0 Å². The molecular formula is C26H30N4O8. The van der Waals surface area contributed by atoms with Gasteiger partial charge in [-0.2, -0.15) is 10.8 Å². The fourth-order valence-corrected chi connectivity index (χ4v) is 3.50. The van der Waals surface area contributed by atoms with Gasteiger partial charge >= 0.3 is 11.9 Å². The van der Waals surface area contributed by atoms with Crippen molar-refractivity contribution in [3.63, 3.8) is 0 Å². The molecule has 0 aliphatic rings. The lowest BCUT2D eigenvalue weighted by atomic mass is 9.81. The van der Waals surface area contributed by atoms with E-state index in [2.05, 4.69) is 20.6 Å². The lowest BCUT2D eigenvalue weighted by molar-refractivity contribution is 0.0500. The van der Waals surface area contributed by atoms with Crippen LogP contribution in [0.15, 0.2) is 35.5 Å². The van der Waals surface area contributed by atoms with Gasteiger partial charge in [0.15, 0.2) is 12.1 Å². The number of nitrogens with two attached hydrogens (primary N) is 1. The molecule has 2 aromatic rings. The predicted molar refractivity (Wildman–Crippen MR) is 140 cm³/mol. The highest BCUT2D eigenvalue weighted by Gasteiger charge is 2.33. The molecule has 0 atom stereocenters. The summed E-state index contributed by atoms with van der Waals surface area (Å²) in [4.78, 5) is 77.4. The maximum Gasteiger partial charge on any atom is 0.357 e. The van der Waals surface area contributed by atoms with E-state index in [-0.39, 0.29) is 33.5 Å². The van der Waals surface area contributed by atoms with E-state index in [1.165, 1.54) is 32.0 Å². The third-order valence-electron chi connectivity index (χ3n) is 6.01.